The summed E-state index contributed by atoms with van der Waals surface area (Å²) in [5.74, 6) is -2.53. The summed E-state index contributed by atoms with van der Waals surface area (Å²) < 4.78 is 45.3. The molecule has 0 spiro atoms. The van der Waals surface area contributed by atoms with E-state index in [0.717, 1.165) is 12.8 Å². The van der Waals surface area contributed by atoms with Crippen LogP contribution in [-0.4, -0.2) is 47.8 Å². The summed E-state index contributed by atoms with van der Waals surface area (Å²) >= 11 is 0. The van der Waals surface area contributed by atoms with Crippen molar-refractivity contribution in [2.75, 3.05) is 13.2 Å². The summed E-state index contributed by atoms with van der Waals surface area (Å²) in [4.78, 5) is 2.27. The van der Waals surface area contributed by atoms with Crippen molar-refractivity contribution in [1.29, 1.82) is 0 Å². The maximum absolute atomic E-state index is 14.0. The molecule has 21 heavy (non-hydrogen) atoms. The molecular weight excluding hydrogens is 279 g/mol. The zero-order chi connectivity index (χ0) is 15.5. The zero-order valence-corrected chi connectivity index (χ0v) is 13.2. The van der Waals surface area contributed by atoms with Gasteiger partial charge in [-0.3, -0.25) is 4.90 Å². The van der Waals surface area contributed by atoms with Crippen LogP contribution < -0.4 is 0 Å². The van der Waals surface area contributed by atoms with Gasteiger partial charge in [0.25, 0.3) is 5.92 Å². The lowest BCUT2D eigenvalue weighted by Crippen LogP contribution is -2.52. The Balaban J connectivity index is 1.61. The highest BCUT2D eigenvalue weighted by atomic mass is 19.3. The highest BCUT2D eigenvalue weighted by Crippen LogP contribution is 2.53. The van der Waals surface area contributed by atoms with E-state index in [0.29, 0.717) is 19.6 Å². The largest absolute Gasteiger partial charge is 0.376 e. The van der Waals surface area contributed by atoms with E-state index >= 15 is 0 Å². The Morgan fingerprint density at radius 2 is 1.86 bits per heavy atom. The first-order chi connectivity index (χ1) is 9.63. The van der Waals surface area contributed by atoms with Gasteiger partial charge in [0.1, 0.15) is 6.17 Å². The second kappa shape index (κ2) is 4.85. The molecule has 122 valence electrons. The van der Waals surface area contributed by atoms with E-state index in [2.05, 4.69) is 25.7 Å². The Kier molecular flexibility index (Phi) is 3.60. The van der Waals surface area contributed by atoms with Gasteiger partial charge in [0.2, 0.25) is 0 Å². The molecule has 3 rings (SSSR count). The summed E-state index contributed by atoms with van der Waals surface area (Å²) in [6.07, 6.45) is 1.15. The van der Waals surface area contributed by atoms with Gasteiger partial charge in [0, 0.05) is 31.0 Å². The average Bonchev–Trinajstić information content (AvgIpc) is 2.79. The van der Waals surface area contributed by atoms with Gasteiger partial charge in [-0.1, -0.05) is 20.8 Å². The summed E-state index contributed by atoms with van der Waals surface area (Å²) in [5, 5.41) is 0. The molecule has 0 aromatic rings. The molecule has 2 nitrogen and oxygen atoms in total. The minimum atomic E-state index is -2.53. The van der Waals surface area contributed by atoms with Crippen LogP contribution in [0.25, 0.3) is 0 Å². The predicted octanol–water partition coefficient (Wildman–Crippen LogP) is 3.79. The Bertz CT molecular complexity index is 401. The fourth-order valence-electron chi connectivity index (χ4n) is 4.50. The number of fused-ring (bicyclic) bond motifs is 1. The maximum atomic E-state index is 14.0. The topological polar surface area (TPSA) is 12.5 Å². The van der Waals surface area contributed by atoms with E-state index in [1.807, 2.05) is 0 Å². The zero-order valence-electron chi connectivity index (χ0n) is 13.2. The van der Waals surface area contributed by atoms with Gasteiger partial charge in [-0.05, 0) is 24.7 Å². The molecule has 2 aliphatic heterocycles. The molecule has 1 aliphatic carbocycles. The lowest BCUT2D eigenvalue weighted by atomic mass is 9.71. The summed E-state index contributed by atoms with van der Waals surface area (Å²) in [5.41, 5.74) is -0.0733. The molecule has 0 amide bonds. The van der Waals surface area contributed by atoms with E-state index in [1.165, 1.54) is 0 Å². The highest BCUT2D eigenvalue weighted by Gasteiger charge is 2.58. The molecular formula is C16H26F3NO. The molecule has 0 aromatic carbocycles. The van der Waals surface area contributed by atoms with Crippen molar-refractivity contribution < 1.29 is 17.9 Å². The fraction of sp³-hybridized carbons (Fsp3) is 1.00. The number of nitrogens with zero attached hydrogens (tertiary/aromatic N) is 1. The van der Waals surface area contributed by atoms with Crippen LogP contribution >= 0.6 is 0 Å². The molecule has 0 bridgehead atoms. The monoisotopic (exact) mass is 305 g/mol. The van der Waals surface area contributed by atoms with Crippen LogP contribution in [0.1, 0.15) is 52.9 Å². The lowest BCUT2D eigenvalue weighted by molar-refractivity contribution is -0.170. The predicted molar refractivity (Wildman–Crippen MR) is 75.3 cm³/mol. The first-order valence-electron chi connectivity index (χ1n) is 8.03. The molecule has 5 heteroatoms. The van der Waals surface area contributed by atoms with Crippen molar-refractivity contribution in [1.82, 2.24) is 4.90 Å². The number of halogens is 3. The highest BCUT2D eigenvalue weighted by molar-refractivity contribution is 5.12. The minimum Gasteiger partial charge on any atom is -0.376 e. The smallest absolute Gasteiger partial charge is 0.253 e. The van der Waals surface area contributed by atoms with E-state index in [1.54, 1.807) is 0 Å². The summed E-state index contributed by atoms with van der Waals surface area (Å²) in [7, 11) is 0. The Morgan fingerprint density at radius 3 is 2.43 bits per heavy atom. The van der Waals surface area contributed by atoms with Crippen LogP contribution in [-0.2, 0) is 4.74 Å². The third-order valence-corrected chi connectivity index (χ3v) is 5.81. The summed E-state index contributed by atoms with van der Waals surface area (Å²) in [6, 6.07) is 0.180. The Morgan fingerprint density at radius 1 is 1.19 bits per heavy atom. The Hall–Kier alpha value is -0.290. The van der Waals surface area contributed by atoms with E-state index in [9.17, 15) is 13.2 Å². The van der Waals surface area contributed by atoms with Crippen molar-refractivity contribution >= 4 is 0 Å². The van der Waals surface area contributed by atoms with Crippen LogP contribution in [0.15, 0.2) is 0 Å². The maximum Gasteiger partial charge on any atom is 0.253 e. The van der Waals surface area contributed by atoms with Crippen LogP contribution in [0.4, 0.5) is 13.2 Å². The molecule has 0 radical (unpaired) electrons. The Labute approximate surface area is 125 Å². The van der Waals surface area contributed by atoms with E-state index in [-0.39, 0.29) is 35.9 Å². The molecule has 2 heterocycles. The lowest BCUT2D eigenvalue weighted by Gasteiger charge is -2.45. The molecule has 2 saturated heterocycles. The number of hydrogen-bond donors (Lipinski definition) is 0. The molecule has 3 atom stereocenters. The first kappa shape index (κ1) is 15.6. The van der Waals surface area contributed by atoms with Gasteiger partial charge in [-0.2, -0.15) is 0 Å². The number of rotatable bonds is 3. The van der Waals surface area contributed by atoms with Crippen molar-refractivity contribution in [3.8, 4) is 0 Å². The number of hydrogen-bond acceptors (Lipinski definition) is 2. The molecule has 1 saturated carbocycles. The average molecular weight is 305 g/mol. The van der Waals surface area contributed by atoms with Gasteiger partial charge in [0.05, 0.1) is 12.7 Å². The molecule has 0 aromatic heterocycles. The van der Waals surface area contributed by atoms with Crippen LogP contribution in [0.5, 0.6) is 0 Å². The van der Waals surface area contributed by atoms with E-state index < -0.39 is 12.1 Å². The van der Waals surface area contributed by atoms with Crippen molar-refractivity contribution in [3.63, 3.8) is 0 Å². The van der Waals surface area contributed by atoms with Gasteiger partial charge in [0.15, 0.2) is 0 Å². The molecule has 3 fully saturated rings. The SMILES string of the molecule is CC(C)(C)C12CCC(COC3CC(F)(F)C3)N1CC(F)C2. The van der Waals surface area contributed by atoms with Crippen LogP contribution in [0.3, 0.4) is 0 Å². The third-order valence-electron chi connectivity index (χ3n) is 5.81. The van der Waals surface area contributed by atoms with Gasteiger partial charge in [-0.25, -0.2) is 13.2 Å². The van der Waals surface area contributed by atoms with Crippen LogP contribution in [0.2, 0.25) is 0 Å². The van der Waals surface area contributed by atoms with Crippen molar-refractivity contribution in [2.24, 2.45) is 5.41 Å². The van der Waals surface area contributed by atoms with Gasteiger partial charge < -0.3 is 4.74 Å². The van der Waals surface area contributed by atoms with Gasteiger partial charge >= 0.3 is 0 Å². The quantitative estimate of drug-likeness (QED) is 0.786. The molecule has 3 aliphatic rings. The second-order valence-corrected chi connectivity index (χ2v) is 8.15. The third kappa shape index (κ3) is 2.61. The normalized spacial score (nSPS) is 40.3. The number of alkyl halides is 3. The summed E-state index contributed by atoms with van der Waals surface area (Å²) in [6.45, 7) is 7.45. The second-order valence-electron chi connectivity index (χ2n) is 8.15. The standard InChI is InChI=1S/C16H26F3NO/c1-14(2,3)15-5-4-12(20(15)9-11(17)6-15)10-21-13-7-16(18,19)8-13/h11-13H,4-10H2,1-3H3. The fourth-order valence-corrected chi connectivity index (χ4v) is 4.50. The van der Waals surface area contributed by atoms with Crippen LogP contribution in [0, 0.1) is 5.41 Å². The minimum absolute atomic E-state index is 0.0199. The molecule has 3 unspecified atom stereocenters. The number of ether oxygens (including phenoxy) is 1. The van der Waals surface area contributed by atoms with Gasteiger partial charge in [-0.15, -0.1) is 0 Å². The molecule has 0 N–H and O–H groups in total. The first-order valence-corrected chi connectivity index (χ1v) is 8.03. The van der Waals surface area contributed by atoms with Crippen molar-refractivity contribution in [3.05, 3.63) is 0 Å². The van der Waals surface area contributed by atoms with Crippen molar-refractivity contribution in [2.45, 2.75) is 82.7 Å². The van der Waals surface area contributed by atoms with E-state index in [4.69, 9.17) is 4.74 Å².